The molecule has 1 aliphatic rings. The second-order valence-corrected chi connectivity index (χ2v) is 5.33. The number of anilines is 1. The maximum atomic E-state index is 10.9. The Hall–Kier alpha value is -1.21. The smallest absolute Gasteiger partial charge is 0.311 e. The molecule has 19 heavy (non-hydrogen) atoms. The number of halogens is 1. The van der Waals surface area contributed by atoms with Gasteiger partial charge in [0.2, 0.25) is 0 Å². The lowest BCUT2D eigenvalue weighted by atomic mass is 10.1. The number of hydrogen-bond donors (Lipinski definition) is 1. The molecular weight excluding hydrogens is 314 g/mol. The molecule has 1 saturated heterocycles. The Labute approximate surface area is 119 Å². The van der Waals surface area contributed by atoms with E-state index in [1.807, 2.05) is 0 Å². The van der Waals surface area contributed by atoms with Gasteiger partial charge in [0, 0.05) is 19.3 Å². The number of rotatable bonds is 5. The summed E-state index contributed by atoms with van der Waals surface area (Å²) in [4.78, 5) is 14.3. The quantitative estimate of drug-likeness (QED) is 0.663. The second-order valence-electron chi connectivity index (χ2n) is 4.48. The molecule has 0 radical (unpaired) electrons. The van der Waals surface area contributed by atoms with Crippen molar-refractivity contribution in [2.24, 2.45) is 0 Å². The average Bonchev–Trinajstić information content (AvgIpc) is 2.41. The van der Waals surface area contributed by atoms with Crippen LogP contribution in [0.15, 0.2) is 16.9 Å². The fraction of sp³-hybridized carbons (Fsp3) is 0.583. The van der Waals surface area contributed by atoms with Crippen LogP contribution in [-0.2, 0) is 4.74 Å². The summed E-state index contributed by atoms with van der Waals surface area (Å²) in [5.74, 6) is 0. The van der Waals surface area contributed by atoms with Gasteiger partial charge in [-0.2, -0.15) is 0 Å². The molecule has 6 nitrogen and oxygen atoms in total. The number of aromatic nitrogens is 1. The largest absolute Gasteiger partial charge is 0.378 e. The van der Waals surface area contributed by atoms with Crippen LogP contribution in [-0.4, -0.2) is 29.2 Å². The van der Waals surface area contributed by atoms with Crippen molar-refractivity contribution in [1.82, 2.24) is 4.98 Å². The minimum atomic E-state index is -0.433. The maximum Gasteiger partial charge on any atom is 0.311 e. The Kier molecular flexibility index (Phi) is 5.09. The van der Waals surface area contributed by atoms with Crippen LogP contribution in [0.1, 0.15) is 25.7 Å². The van der Waals surface area contributed by atoms with Gasteiger partial charge in [-0.3, -0.25) is 15.1 Å². The molecule has 0 amide bonds. The van der Waals surface area contributed by atoms with Gasteiger partial charge in [0.1, 0.15) is 11.9 Å². The molecule has 7 heteroatoms. The van der Waals surface area contributed by atoms with E-state index in [2.05, 4.69) is 26.2 Å². The van der Waals surface area contributed by atoms with Crippen LogP contribution in [0.4, 0.5) is 11.4 Å². The summed E-state index contributed by atoms with van der Waals surface area (Å²) in [7, 11) is 0. The second kappa shape index (κ2) is 6.81. The normalized spacial score (nSPS) is 19.1. The highest BCUT2D eigenvalue weighted by molar-refractivity contribution is 9.10. The van der Waals surface area contributed by atoms with Crippen molar-refractivity contribution in [1.29, 1.82) is 0 Å². The van der Waals surface area contributed by atoms with Gasteiger partial charge in [0.25, 0.3) is 0 Å². The van der Waals surface area contributed by atoms with Gasteiger partial charge in [0.15, 0.2) is 0 Å². The van der Waals surface area contributed by atoms with Gasteiger partial charge in [-0.25, -0.2) is 0 Å². The minimum absolute atomic E-state index is 0.0149. The first-order valence-corrected chi connectivity index (χ1v) is 7.11. The van der Waals surface area contributed by atoms with Crippen LogP contribution in [0.5, 0.6) is 0 Å². The molecule has 1 unspecified atom stereocenters. The lowest BCUT2D eigenvalue weighted by Gasteiger charge is -2.22. The Bertz CT molecular complexity index is 450. The summed E-state index contributed by atoms with van der Waals surface area (Å²) in [6, 6.07) is 0. The summed E-state index contributed by atoms with van der Waals surface area (Å²) >= 11 is 3.28. The van der Waals surface area contributed by atoms with Gasteiger partial charge in [-0.05, 0) is 41.6 Å². The maximum absolute atomic E-state index is 10.9. The van der Waals surface area contributed by atoms with Crippen molar-refractivity contribution in [3.8, 4) is 0 Å². The van der Waals surface area contributed by atoms with Gasteiger partial charge in [-0.1, -0.05) is 0 Å². The van der Waals surface area contributed by atoms with Gasteiger partial charge >= 0.3 is 5.69 Å². The van der Waals surface area contributed by atoms with Gasteiger partial charge in [0.05, 0.1) is 15.5 Å². The number of nitrogens with zero attached hydrogens (tertiary/aromatic N) is 2. The molecule has 0 aliphatic carbocycles. The highest BCUT2D eigenvalue weighted by Gasteiger charge is 2.18. The first-order valence-electron chi connectivity index (χ1n) is 6.32. The Morgan fingerprint density at radius 2 is 2.37 bits per heavy atom. The molecule has 1 fully saturated rings. The summed E-state index contributed by atoms with van der Waals surface area (Å²) in [5.41, 5.74) is 0.467. The van der Waals surface area contributed by atoms with Crippen LogP contribution in [0.3, 0.4) is 0 Å². The fourth-order valence-electron chi connectivity index (χ4n) is 2.13. The van der Waals surface area contributed by atoms with Crippen LogP contribution < -0.4 is 5.32 Å². The SMILES string of the molecule is O=[N+]([O-])c1cncc(Br)c1NCCC1CCCCO1. The third-order valence-corrected chi connectivity index (χ3v) is 3.72. The highest BCUT2D eigenvalue weighted by Crippen LogP contribution is 2.31. The number of nitrogens with one attached hydrogen (secondary N) is 1. The minimum Gasteiger partial charge on any atom is -0.378 e. The van der Waals surface area contributed by atoms with E-state index < -0.39 is 4.92 Å². The molecule has 1 N–H and O–H groups in total. The topological polar surface area (TPSA) is 77.3 Å². The molecule has 1 aliphatic heterocycles. The van der Waals surface area contributed by atoms with Crippen molar-refractivity contribution < 1.29 is 9.66 Å². The third kappa shape index (κ3) is 3.87. The number of hydrogen-bond acceptors (Lipinski definition) is 5. The third-order valence-electron chi connectivity index (χ3n) is 3.12. The van der Waals surface area contributed by atoms with Crippen LogP contribution >= 0.6 is 15.9 Å². The number of nitro groups is 1. The average molecular weight is 330 g/mol. The molecule has 2 rings (SSSR count). The van der Waals surface area contributed by atoms with E-state index in [9.17, 15) is 10.1 Å². The molecule has 1 atom stereocenters. The van der Waals surface area contributed by atoms with Crippen LogP contribution in [0.25, 0.3) is 0 Å². The van der Waals surface area contributed by atoms with Crippen LogP contribution in [0, 0.1) is 10.1 Å². The van der Waals surface area contributed by atoms with Crippen LogP contribution in [0.2, 0.25) is 0 Å². The lowest BCUT2D eigenvalue weighted by molar-refractivity contribution is -0.384. The summed E-state index contributed by atoms with van der Waals surface area (Å²) < 4.78 is 6.23. The summed E-state index contributed by atoms with van der Waals surface area (Å²) in [6.07, 6.45) is 7.32. The first-order chi connectivity index (χ1) is 9.18. The van der Waals surface area contributed by atoms with Gasteiger partial charge < -0.3 is 10.1 Å². The van der Waals surface area contributed by atoms with Crippen molar-refractivity contribution in [3.63, 3.8) is 0 Å². The predicted molar refractivity (Wildman–Crippen MR) is 75.3 cm³/mol. The molecule has 2 heterocycles. The number of pyridine rings is 1. The fourth-order valence-corrected chi connectivity index (χ4v) is 2.59. The predicted octanol–water partition coefficient (Wildman–Crippen LogP) is 3.12. The van der Waals surface area contributed by atoms with E-state index in [1.54, 1.807) is 6.20 Å². The number of ether oxygens (including phenoxy) is 1. The summed E-state index contributed by atoms with van der Waals surface area (Å²) in [6.45, 7) is 1.47. The van der Waals surface area contributed by atoms with Crippen molar-refractivity contribution >= 4 is 27.3 Å². The molecule has 0 aromatic carbocycles. The molecular formula is C12H16BrN3O3. The zero-order valence-corrected chi connectivity index (χ0v) is 12.1. The Morgan fingerprint density at radius 3 is 3.05 bits per heavy atom. The van der Waals surface area contributed by atoms with Crippen molar-refractivity contribution in [2.75, 3.05) is 18.5 Å². The zero-order chi connectivity index (χ0) is 13.7. The molecule has 1 aromatic rings. The first kappa shape index (κ1) is 14.2. The monoisotopic (exact) mass is 329 g/mol. The molecule has 0 spiro atoms. The molecule has 0 saturated carbocycles. The van der Waals surface area contributed by atoms with E-state index in [0.717, 1.165) is 25.9 Å². The molecule has 104 valence electrons. The lowest BCUT2D eigenvalue weighted by Crippen LogP contribution is -2.22. The van der Waals surface area contributed by atoms with Crippen molar-refractivity contribution in [3.05, 3.63) is 27.0 Å². The molecule has 1 aromatic heterocycles. The highest BCUT2D eigenvalue weighted by atomic mass is 79.9. The van der Waals surface area contributed by atoms with E-state index >= 15 is 0 Å². The van der Waals surface area contributed by atoms with E-state index in [4.69, 9.17) is 4.74 Å². The zero-order valence-electron chi connectivity index (χ0n) is 10.5. The van der Waals surface area contributed by atoms with E-state index in [1.165, 1.54) is 12.6 Å². The van der Waals surface area contributed by atoms with E-state index in [0.29, 0.717) is 16.7 Å². The summed E-state index contributed by atoms with van der Waals surface area (Å²) in [5, 5.41) is 14.0. The molecule has 0 bridgehead atoms. The standard InChI is InChI=1S/C12H16BrN3O3/c13-10-7-14-8-11(16(17)18)12(10)15-5-4-9-3-1-2-6-19-9/h7-9H,1-6H2,(H,14,15). The Morgan fingerprint density at radius 1 is 1.53 bits per heavy atom. The van der Waals surface area contributed by atoms with Gasteiger partial charge in [-0.15, -0.1) is 0 Å². The van der Waals surface area contributed by atoms with E-state index in [-0.39, 0.29) is 11.8 Å². The van der Waals surface area contributed by atoms with Crippen molar-refractivity contribution in [2.45, 2.75) is 31.8 Å². The Balaban J connectivity index is 1.93.